The Balaban J connectivity index is 3.05. The van der Waals surface area contributed by atoms with Gasteiger partial charge in [-0.05, 0) is 46.6 Å². The number of hydrogen-bond donors (Lipinski definition) is 3. The zero-order valence-corrected chi connectivity index (χ0v) is 10.1. The van der Waals surface area contributed by atoms with Gasteiger partial charge in [0.15, 0.2) is 11.5 Å². The van der Waals surface area contributed by atoms with E-state index in [0.717, 1.165) is 5.56 Å². The molecule has 5 N–H and O–H groups in total. The molecule has 1 atom stereocenters. The van der Waals surface area contributed by atoms with Crippen molar-refractivity contribution in [2.45, 2.75) is 12.5 Å². The van der Waals surface area contributed by atoms with Crippen LogP contribution in [0.1, 0.15) is 18.0 Å². The van der Waals surface area contributed by atoms with Gasteiger partial charge in [0.2, 0.25) is 0 Å². The van der Waals surface area contributed by atoms with E-state index >= 15 is 0 Å². The first kappa shape index (κ1) is 12.3. The fraction of sp³-hybridized carbons (Fsp3) is 0.400. The Morgan fingerprint density at radius 1 is 1.53 bits per heavy atom. The van der Waals surface area contributed by atoms with Crippen molar-refractivity contribution in [1.29, 1.82) is 0 Å². The van der Waals surface area contributed by atoms with Gasteiger partial charge in [0, 0.05) is 6.04 Å². The second-order valence-electron chi connectivity index (χ2n) is 3.24. The summed E-state index contributed by atoms with van der Waals surface area (Å²) in [6.07, 6.45) is 0.695. The molecular weight excluding hydrogens is 260 g/mol. The summed E-state index contributed by atoms with van der Waals surface area (Å²) in [7, 11) is 1.50. The fourth-order valence-electron chi connectivity index (χ4n) is 1.31. The molecule has 0 amide bonds. The van der Waals surface area contributed by atoms with Gasteiger partial charge in [0.05, 0.1) is 11.6 Å². The number of halogens is 1. The van der Waals surface area contributed by atoms with Crippen molar-refractivity contribution in [3.05, 3.63) is 22.2 Å². The lowest BCUT2D eigenvalue weighted by molar-refractivity contribution is 0.371. The molecule has 15 heavy (non-hydrogen) atoms. The first-order chi connectivity index (χ1) is 7.10. The van der Waals surface area contributed by atoms with Crippen LogP contribution in [-0.4, -0.2) is 18.8 Å². The molecule has 0 fully saturated rings. The number of phenolic OH excluding ortho intramolecular Hbond substituents is 1. The van der Waals surface area contributed by atoms with E-state index in [0.29, 0.717) is 23.2 Å². The lowest BCUT2D eigenvalue weighted by Gasteiger charge is -2.14. The third kappa shape index (κ3) is 2.84. The van der Waals surface area contributed by atoms with Crippen LogP contribution in [-0.2, 0) is 0 Å². The van der Waals surface area contributed by atoms with E-state index in [1.807, 2.05) is 0 Å². The molecule has 1 rings (SSSR count). The van der Waals surface area contributed by atoms with Gasteiger partial charge >= 0.3 is 0 Å². The monoisotopic (exact) mass is 274 g/mol. The van der Waals surface area contributed by atoms with E-state index in [2.05, 4.69) is 15.9 Å². The number of aromatic hydroxyl groups is 1. The largest absolute Gasteiger partial charge is 0.503 e. The normalized spacial score (nSPS) is 12.5. The van der Waals surface area contributed by atoms with Gasteiger partial charge in [-0.15, -0.1) is 0 Å². The van der Waals surface area contributed by atoms with Crippen LogP contribution < -0.4 is 16.2 Å². The molecule has 84 valence electrons. The van der Waals surface area contributed by atoms with Gasteiger partial charge in [-0.25, -0.2) is 0 Å². The third-order valence-corrected chi connectivity index (χ3v) is 2.78. The molecule has 0 aliphatic heterocycles. The van der Waals surface area contributed by atoms with Crippen molar-refractivity contribution >= 4 is 15.9 Å². The van der Waals surface area contributed by atoms with Crippen LogP contribution in [0.25, 0.3) is 0 Å². The van der Waals surface area contributed by atoms with Crippen LogP contribution in [0.3, 0.4) is 0 Å². The Morgan fingerprint density at radius 2 is 2.20 bits per heavy atom. The lowest BCUT2D eigenvalue weighted by Crippen LogP contribution is -2.15. The van der Waals surface area contributed by atoms with Crippen molar-refractivity contribution in [1.82, 2.24) is 0 Å². The van der Waals surface area contributed by atoms with Crippen molar-refractivity contribution in [3.63, 3.8) is 0 Å². The predicted molar refractivity (Wildman–Crippen MR) is 63.0 cm³/mol. The molecule has 0 saturated heterocycles. The van der Waals surface area contributed by atoms with Gasteiger partial charge in [-0.3, -0.25) is 0 Å². The summed E-state index contributed by atoms with van der Waals surface area (Å²) in [4.78, 5) is 0. The van der Waals surface area contributed by atoms with Crippen LogP contribution in [0.2, 0.25) is 0 Å². The summed E-state index contributed by atoms with van der Waals surface area (Å²) in [5, 5.41) is 9.60. The van der Waals surface area contributed by atoms with E-state index in [-0.39, 0.29) is 11.8 Å². The topological polar surface area (TPSA) is 81.5 Å². The van der Waals surface area contributed by atoms with Crippen molar-refractivity contribution in [2.75, 3.05) is 13.7 Å². The van der Waals surface area contributed by atoms with Crippen LogP contribution in [0.5, 0.6) is 11.5 Å². The molecule has 0 aliphatic rings. The molecule has 0 bridgehead atoms. The number of methoxy groups -OCH3 is 1. The molecule has 0 unspecified atom stereocenters. The Morgan fingerprint density at radius 3 is 2.73 bits per heavy atom. The number of phenols is 1. The third-order valence-electron chi connectivity index (χ3n) is 2.18. The molecule has 4 nitrogen and oxygen atoms in total. The number of hydrogen-bond acceptors (Lipinski definition) is 4. The van der Waals surface area contributed by atoms with Gasteiger partial charge in [0.1, 0.15) is 0 Å². The Hall–Kier alpha value is -0.780. The summed E-state index contributed by atoms with van der Waals surface area (Å²) < 4.78 is 5.60. The number of nitrogens with two attached hydrogens (primary N) is 2. The SMILES string of the molecule is COc1cc([C@H](N)CCN)cc(Br)c1O. The molecule has 0 aliphatic carbocycles. The van der Waals surface area contributed by atoms with Crippen molar-refractivity contribution in [2.24, 2.45) is 11.5 Å². The molecule has 5 heteroatoms. The highest BCUT2D eigenvalue weighted by Gasteiger charge is 2.12. The van der Waals surface area contributed by atoms with Gasteiger partial charge in [-0.2, -0.15) is 0 Å². The van der Waals surface area contributed by atoms with Crippen LogP contribution in [0.4, 0.5) is 0 Å². The van der Waals surface area contributed by atoms with Crippen LogP contribution in [0, 0.1) is 0 Å². The highest BCUT2D eigenvalue weighted by molar-refractivity contribution is 9.10. The lowest BCUT2D eigenvalue weighted by atomic mass is 10.0. The predicted octanol–water partition coefficient (Wildman–Crippen LogP) is 1.51. The van der Waals surface area contributed by atoms with E-state index in [1.54, 1.807) is 12.1 Å². The number of rotatable bonds is 4. The van der Waals surface area contributed by atoms with Gasteiger partial charge in [0.25, 0.3) is 0 Å². The minimum absolute atomic E-state index is 0.0844. The minimum atomic E-state index is -0.138. The average Bonchev–Trinajstić information content (AvgIpc) is 2.22. The molecule has 0 heterocycles. The Labute approximate surface area is 97.3 Å². The van der Waals surface area contributed by atoms with E-state index < -0.39 is 0 Å². The maximum absolute atomic E-state index is 9.60. The summed E-state index contributed by atoms with van der Waals surface area (Å²) in [5.74, 6) is 0.494. The standard InChI is InChI=1S/C10H15BrN2O2/c1-15-9-5-6(8(13)2-3-12)4-7(11)10(9)14/h4-5,8,14H,2-3,12-13H2,1H3/t8-/m1/s1. The minimum Gasteiger partial charge on any atom is -0.503 e. The van der Waals surface area contributed by atoms with E-state index in [9.17, 15) is 5.11 Å². The number of ether oxygens (including phenoxy) is 1. The Kier molecular flexibility index (Phi) is 4.38. The fourth-order valence-corrected chi connectivity index (χ4v) is 1.77. The highest BCUT2D eigenvalue weighted by atomic mass is 79.9. The van der Waals surface area contributed by atoms with Gasteiger partial charge in [-0.1, -0.05) is 0 Å². The molecular formula is C10H15BrN2O2. The second-order valence-corrected chi connectivity index (χ2v) is 4.09. The molecule has 0 saturated carbocycles. The van der Waals surface area contributed by atoms with E-state index in [4.69, 9.17) is 16.2 Å². The Bertz CT molecular complexity index is 344. The molecule has 1 aromatic rings. The zero-order valence-electron chi connectivity index (χ0n) is 8.53. The number of benzene rings is 1. The van der Waals surface area contributed by atoms with Gasteiger partial charge < -0.3 is 21.3 Å². The second kappa shape index (κ2) is 5.34. The van der Waals surface area contributed by atoms with E-state index in [1.165, 1.54) is 7.11 Å². The summed E-state index contributed by atoms with van der Waals surface area (Å²) in [6.45, 7) is 0.530. The summed E-state index contributed by atoms with van der Waals surface area (Å²) in [5.41, 5.74) is 12.2. The highest BCUT2D eigenvalue weighted by Crippen LogP contribution is 2.36. The maximum atomic E-state index is 9.60. The molecule has 1 aromatic carbocycles. The van der Waals surface area contributed by atoms with Crippen LogP contribution in [0.15, 0.2) is 16.6 Å². The summed E-state index contributed by atoms with van der Waals surface area (Å²) >= 11 is 3.24. The maximum Gasteiger partial charge on any atom is 0.172 e. The first-order valence-corrected chi connectivity index (χ1v) is 5.41. The molecule has 0 spiro atoms. The molecule has 0 aromatic heterocycles. The quantitative estimate of drug-likeness (QED) is 0.778. The first-order valence-electron chi connectivity index (χ1n) is 4.62. The summed E-state index contributed by atoms with van der Waals surface area (Å²) in [6, 6.07) is 3.36. The zero-order chi connectivity index (χ0) is 11.4. The molecule has 0 radical (unpaired) electrons. The average molecular weight is 275 g/mol. The van der Waals surface area contributed by atoms with Crippen LogP contribution >= 0.6 is 15.9 Å². The van der Waals surface area contributed by atoms with Crippen molar-refractivity contribution in [3.8, 4) is 11.5 Å². The smallest absolute Gasteiger partial charge is 0.172 e. The van der Waals surface area contributed by atoms with Crippen molar-refractivity contribution < 1.29 is 9.84 Å².